The standard InChI is InChI=1S/C16H13BrN2/c17-15-8-6-14(7-9-15)16-10-11-19(18-16)12-13-4-2-1-3-5-13/h1-11H,12H2. The Morgan fingerprint density at radius 1 is 0.895 bits per heavy atom. The van der Waals surface area contributed by atoms with Crippen molar-refractivity contribution in [2.45, 2.75) is 6.54 Å². The van der Waals surface area contributed by atoms with Gasteiger partial charge in [0.15, 0.2) is 0 Å². The number of nitrogens with zero attached hydrogens (tertiary/aromatic N) is 2. The third-order valence-electron chi connectivity index (χ3n) is 2.97. The van der Waals surface area contributed by atoms with Crippen LogP contribution in [0.3, 0.4) is 0 Å². The predicted octanol–water partition coefficient (Wildman–Crippen LogP) is 4.36. The van der Waals surface area contributed by atoms with Gasteiger partial charge in [0.1, 0.15) is 0 Å². The van der Waals surface area contributed by atoms with Gasteiger partial charge in [-0.25, -0.2) is 0 Å². The molecule has 3 rings (SSSR count). The minimum Gasteiger partial charge on any atom is -0.268 e. The van der Waals surface area contributed by atoms with E-state index < -0.39 is 0 Å². The molecule has 3 aromatic rings. The Balaban J connectivity index is 1.82. The van der Waals surface area contributed by atoms with Crippen LogP contribution in [0.5, 0.6) is 0 Å². The van der Waals surface area contributed by atoms with Crippen molar-refractivity contribution in [3.8, 4) is 11.3 Å². The summed E-state index contributed by atoms with van der Waals surface area (Å²) in [5, 5.41) is 4.61. The van der Waals surface area contributed by atoms with E-state index >= 15 is 0 Å². The zero-order valence-electron chi connectivity index (χ0n) is 10.3. The van der Waals surface area contributed by atoms with Gasteiger partial charge in [0.25, 0.3) is 0 Å². The Kier molecular flexibility index (Phi) is 3.47. The highest BCUT2D eigenvalue weighted by Crippen LogP contribution is 2.20. The van der Waals surface area contributed by atoms with Crippen molar-refractivity contribution in [1.82, 2.24) is 9.78 Å². The Morgan fingerprint density at radius 3 is 2.37 bits per heavy atom. The van der Waals surface area contributed by atoms with Gasteiger partial charge in [-0.1, -0.05) is 58.4 Å². The summed E-state index contributed by atoms with van der Waals surface area (Å²) in [6.07, 6.45) is 2.02. The number of hydrogen-bond acceptors (Lipinski definition) is 1. The molecule has 0 saturated heterocycles. The first kappa shape index (κ1) is 12.2. The normalized spacial score (nSPS) is 10.6. The molecule has 0 spiro atoms. The van der Waals surface area contributed by atoms with Crippen molar-refractivity contribution >= 4 is 15.9 Å². The third-order valence-corrected chi connectivity index (χ3v) is 3.50. The van der Waals surface area contributed by atoms with Crippen LogP contribution in [0.4, 0.5) is 0 Å². The van der Waals surface area contributed by atoms with Gasteiger partial charge in [-0.05, 0) is 23.8 Å². The van der Waals surface area contributed by atoms with E-state index in [1.807, 2.05) is 35.1 Å². The smallest absolute Gasteiger partial charge is 0.0923 e. The van der Waals surface area contributed by atoms with Crippen LogP contribution in [0.25, 0.3) is 11.3 Å². The highest BCUT2D eigenvalue weighted by Gasteiger charge is 2.02. The van der Waals surface area contributed by atoms with E-state index in [4.69, 9.17) is 0 Å². The Bertz CT molecular complexity index is 657. The zero-order chi connectivity index (χ0) is 13.1. The van der Waals surface area contributed by atoms with Crippen LogP contribution in [0, 0.1) is 0 Å². The molecule has 1 heterocycles. The molecule has 0 radical (unpaired) electrons. The van der Waals surface area contributed by atoms with Crippen LogP contribution in [-0.4, -0.2) is 9.78 Å². The van der Waals surface area contributed by atoms with Crippen LogP contribution in [0.2, 0.25) is 0 Å². The van der Waals surface area contributed by atoms with Crippen LogP contribution >= 0.6 is 15.9 Å². The SMILES string of the molecule is Brc1ccc(-c2ccn(Cc3ccccc3)n2)cc1. The molecule has 19 heavy (non-hydrogen) atoms. The fraction of sp³-hybridized carbons (Fsp3) is 0.0625. The van der Waals surface area contributed by atoms with E-state index in [0.717, 1.165) is 22.3 Å². The molecule has 0 aliphatic heterocycles. The van der Waals surface area contributed by atoms with Crippen molar-refractivity contribution in [3.05, 3.63) is 76.9 Å². The van der Waals surface area contributed by atoms with Crippen LogP contribution in [-0.2, 0) is 6.54 Å². The molecule has 0 amide bonds. The third kappa shape index (κ3) is 2.93. The maximum absolute atomic E-state index is 4.61. The van der Waals surface area contributed by atoms with Gasteiger partial charge >= 0.3 is 0 Å². The maximum atomic E-state index is 4.61. The highest BCUT2D eigenvalue weighted by molar-refractivity contribution is 9.10. The molecule has 0 saturated carbocycles. The summed E-state index contributed by atoms with van der Waals surface area (Å²) in [5.41, 5.74) is 3.39. The number of hydrogen-bond donors (Lipinski definition) is 0. The van der Waals surface area contributed by atoms with Crippen LogP contribution < -0.4 is 0 Å². The van der Waals surface area contributed by atoms with E-state index in [-0.39, 0.29) is 0 Å². The molecule has 2 aromatic carbocycles. The first-order chi connectivity index (χ1) is 9.31. The summed E-state index contributed by atoms with van der Waals surface area (Å²) < 4.78 is 3.05. The monoisotopic (exact) mass is 312 g/mol. The van der Waals surface area contributed by atoms with E-state index in [2.05, 4.69) is 57.4 Å². The minimum atomic E-state index is 0.803. The van der Waals surface area contributed by atoms with E-state index in [1.54, 1.807) is 0 Å². The zero-order valence-corrected chi connectivity index (χ0v) is 11.9. The van der Waals surface area contributed by atoms with E-state index in [0.29, 0.717) is 0 Å². The quantitative estimate of drug-likeness (QED) is 0.702. The average Bonchev–Trinajstić information content (AvgIpc) is 2.89. The lowest BCUT2D eigenvalue weighted by Crippen LogP contribution is -1.99. The van der Waals surface area contributed by atoms with Gasteiger partial charge < -0.3 is 0 Å². The minimum absolute atomic E-state index is 0.803. The average molecular weight is 313 g/mol. The summed E-state index contributed by atoms with van der Waals surface area (Å²) in [6.45, 7) is 0.803. The maximum Gasteiger partial charge on any atom is 0.0923 e. The Morgan fingerprint density at radius 2 is 1.63 bits per heavy atom. The molecule has 0 N–H and O–H groups in total. The number of halogens is 1. The molecule has 0 atom stereocenters. The molecule has 0 unspecified atom stereocenters. The summed E-state index contributed by atoms with van der Waals surface area (Å²) in [4.78, 5) is 0. The van der Waals surface area contributed by atoms with Crippen molar-refractivity contribution in [2.75, 3.05) is 0 Å². The predicted molar refractivity (Wildman–Crippen MR) is 80.9 cm³/mol. The fourth-order valence-corrected chi connectivity index (χ4v) is 2.26. The number of aromatic nitrogens is 2. The molecule has 94 valence electrons. The van der Waals surface area contributed by atoms with Crippen LogP contribution in [0.15, 0.2) is 71.3 Å². The van der Waals surface area contributed by atoms with Crippen molar-refractivity contribution in [3.63, 3.8) is 0 Å². The molecule has 1 aromatic heterocycles. The van der Waals surface area contributed by atoms with Crippen molar-refractivity contribution in [2.24, 2.45) is 0 Å². The van der Waals surface area contributed by atoms with Crippen molar-refractivity contribution < 1.29 is 0 Å². The lowest BCUT2D eigenvalue weighted by Gasteiger charge is -2.01. The van der Waals surface area contributed by atoms with Gasteiger partial charge in [0.05, 0.1) is 12.2 Å². The van der Waals surface area contributed by atoms with Gasteiger partial charge in [0, 0.05) is 16.2 Å². The van der Waals surface area contributed by atoms with E-state index in [9.17, 15) is 0 Å². The first-order valence-corrected chi connectivity index (χ1v) is 6.94. The summed E-state index contributed by atoms with van der Waals surface area (Å²) in [5.74, 6) is 0. The molecular formula is C16H13BrN2. The van der Waals surface area contributed by atoms with E-state index in [1.165, 1.54) is 5.56 Å². The lowest BCUT2D eigenvalue weighted by atomic mass is 10.2. The highest BCUT2D eigenvalue weighted by atomic mass is 79.9. The second-order valence-corrected chi connectivity index (χ2v) is 5.31. The topological polar surface area (TPSA) is 17.8 Å². The molecule has 0 bridgehead atoms. The van der Waals surface area contributed by atoms with Gasteiger partial charge in [-0.2, -0.15) is 5.10 Å². The second kappa shape index (κ2) is 5.41. The lowest BCUT2D eigenvalue weighted by molar-refractivity contribution is 0.689. The summed E-state index contributed by atoms with van der Waals surface area (Å²) >= 11 is 3.44. The number of rotatable bonds is 3. The van der Waals surface area contributed by atoms with Gasteiger partial charge in [-0.15, -0.1) is 0 Å². The largest absolute Gasteiger partial charge is 0.268 e. The summed E-state index contributed by atoms with van der Waals surface area (Å²) in [7, 11) is 0. The second-order valence-electron chi connectivity index (χ2n) is 4.39. The molecular weight excluding hydrogens is 300 g/mol. The molecule has 0 aliphatic rings. The Hall–Kier alpha value is -1.87. The number of benzene rings is 2. The molecule has 0 aliphatic carbocycles. The Labute approximate surface area is 120 Å². The van der Waals surface area contributed by atoms with Gasteiger partial charge in [0.2, 0.25) is 0 Å². The van der Waals surface area contributed by atoms with Gasteiger partial charge in [-0.3, -0.25) is 4.68 Å². The summed E-state index contributed by atoms with van der Waals surface area (Å²) in [6, 6.07) is 20.6. The molecule has 2 nitrogen and oxygen atoms in total. The molecule has 3 heteroatoms. The fourth-order valence-electron chi connectivity index (χ4n) is 1.99. The van der Waals surface area contributed by atoms with Crippen molar-refractivity contribution in [1.29, 1.82) is 0 Å². The van der Waals surface area contributed by atoms with Crippen LogP contribution in [0.1, 0.15) is 5.56 Å². The molecule has 0 fully saturated rings. The first-order valence-electron chi connectivity index (χ1n) is 6.14.